The van der Waals surface area contributed by atoms with E-state index >= 15 is 0 Å². The van der Waals surface area contributed by atoms with E-state index in [1.165, 1.54) is 0 Å². The fourth-order valence-corrected chi connectivity index (χ4v) is 3.10. The van der Waals surface area contributed by atoms with Gasteiger partial charge in [-0.2, -0.15) is 5.26 Å². The average Bonchev–Trinajstić information content (AvgIpc) is 3.24. The minimum atomic E-state index is 0.431. The van der Waals surface area contributed by atoms with Crippen LogP contribution in [-0.2, 0) is 0 Å². The second kappa shape index (κ2) is 5.53. The summed E-state index contributed by atoms with van der Waals surface area (Å²) in [5, 5.41) is 10.1. The molecule has 0 spiro atoms. The Balaban J connectivity index is 1.99. The summed E-state index contributed by atoms with van der Waals surface area (Å²) in [5.74, 6) is 1.04. The second-order valence-corrected chi connectivity index (χ2v) is 5.62. The van der Waals surface area contributed by atoms with Crippen LogP contribution in [0.1, 0.15) is 11.1 Å². The number of aromatic nitrogens is 4. The van der Waals surface area contributed by atoms with Crippen molar-refractivity contribution in [1.82, 2.24) is 19.9 Å². The third-order valence-electron chi connectivity index (χ3n) is 4.32. The lowest BCUT2D eigenvalue weighted by atomic mass is 10.1. The Morgan fingerprint density at radius 3 is 2.80 bits per heavy atom. The van der Waals surface area contributed by atoms with E-state index in [1.54, 1.807) is 26.5 Å². The Kier molecular flexibility index (Phi) is 3.32. The molecule has 0 fully saturated rings. The van der Waals surface area contributed by atoms with Crippen molar-refractivity contribution < 1.29 is 9.47 Å². The maximum absolute atomic E-state index is 9.27. The van der Waals surface area contributed by atoms with Crippen molar-refractivity contribution in [2.24, 2.45) is 0 Å². The smallest absolute Gasteiger partial charge is 0.257 e. The van der Waals surface area contributed by atoms with Crippen molar-refractivity contribution in [1.29, 1.82) is 5.26 Å². The van der Waals surface area contributed by atoms with Gasteiger partial charge in [0.2, 0.25) is 0 Å². The molecule has 7 nitrogen and oxygen atoms in total. The van der Waals surface area contributed by atoms with Gasteiger partial charge in [0.05, 0.1) is 37.1 Å². The van der Waals surface area contributed by atoms with Crippen LogP contribution in [0.3, 0.4) is 0 Å². The molecule has 4 aromatic rings. The zero-order chi connectivity index (χ0) is 17.6. The van der Waals surface area contributed by atoms with Gasteiger partial charge < -0.3 is 19.4 Å². The highest BCUT2D eigenvalue weighted by molar-refractivity contribution is 5.98. The number of aryl methyl sites for hydroxylation is 1. The van der Waals surface area contributed by atoms with E-state index in [2.05, 4.69) is 26.0 Å². The highest BCUT2D eigenvalue weighted by atomic mass is 16.5. The largest absolute Gasteiger partial charge is 0.491 e. The molecule has 2 N–H and O–H groups in total. The molecular formula is C18H15N5O2. The third-order valence-corrected chi connectivity index (χ3v) is 4.32. The standard InChI is InChI=1S/C18H15N5O2/c1-9-14-15(23-18(25-3)16(9)24-2)12(8-21-14)13-6-11-10(7-19)4-5-20-17(11)22-13/h4-6,8,21H,1-3H3,(H,20,22). The molecule has 0 aromatic carbocycles. The summed E-state index contributed by atoms with van der Waals surface area (Å²) < 4.78 is 10.8. The van der Waals surface area contributed by atoms with E-state index in [4.69, 9.17) is 9.47 Å². The molecule has 0 aliphatic carbocycles. The van der Waals surface area contributed by atoms with E-state index in [1.807, 2.05) is 19.2 Å². The van der Waals surface area contributed by atoms with Crippen LogP contribution in [-0.4, -0.2) is 34.2 Å². The van der Waals surface area contributed by atoms with Gasteiger partial charge >= 0.3 is 0 Å². The van der Waals surface area contributed by atoms with Crippen LogP contribution in [0, 0.1) is 18.3 Å². The number of nitrogens with one attached hydrogen (secondary N) is 2. The van der Waals surface area contributed by atoms with Gasteiger partial charge in [0.25, 0.3) is 5.88 Å². The molecule has 0 aliphatic heterocycles. The average molecular weight is 333 g/mol. The van der Waals surface area contributed by atoms with Crippen molar-refractivity contribution in [3.05, 3.63) is 35.7 Å². The van der Waals surface area contributed by atoms with Crippen LogP contribution >= 0.6 is 0 Å². The summed E-state index contributed by atoms with van der Waals surface area (Å²) >= 11 is 0. The van der Waals surface area contributed by atoms with Crippen molar-refractivity contribution in [2.45, 2.75) is 6.92 Å². The number of methoxy groups -OCH3 is 2. The number of rotatable bonds is 3. The first kappa shape index (κ1) is 15.0. The van der Waals surface area contributed by atoms with Crippen LogP contribution in [0.2, 0.25) is 0 Å². The minimum absolute atomic E-state index is 0.431. The number of hydrogen-bond acceptors (Lipinski definition) is 5. The van der Waals surface area contributed by atoms with Gasteiger partial charge in [-0.25, -0.2) is 9.97 Å². The normalized spacial score (nSPS) is 11.0. The zero-order valence-corrected chi connectivity index (χ0v) is 14.0. The number of pyridine rings is 2. The Morgan fingerprint density at radius 1 is 1.24 bits per heavy atom. The van der Waals surface area contributed by atoms with Crippen molar-refractivity contribution in [3.63, 3.8) is 0 Å². The number of fused-ring (bicyclic) bond motifs is 2. The highest BCUT2D eigenvalue weighted by Gasteiger charge is 2.19. The molecule has 4 aromatic heterocycles. The fourth-order valence-electron chi connectivity index (χ4n) is 3.10. The Labute approximate surface area is 143 Å². The van der Waals surface area contributed by atoms with Gasteiger partial charge in [0.15, 0.2) is 5.75 Å². The maximum atomic E-state index is 9.27. The van der Waals surface area contributed by atoms with Crippen LogP contribution in [0.15, 0.2) is 24.5 Å². The number of nitriles is 1. The first-order valence-corrected chi connectivity index (χ1v) is 7.65. The molecule has 124 valence electrons. The van der Waals surface area contributed by atoms with E-state index < -0.39 is 0 Å². The molecule has 0 saturated heterocycles. The molecule has 25 heavy (non-hydrogen) atoms. The number of nitrogens with zero attached hydrogens (tertiary/aromatic N) is 3. The molecule has 0 atom stereocenters. The van der Waals surface area contributed by atoms with Crippen molar-refractivity contribution in [3.8, 4) is 29.0 Å². The van der Waals surface area contributed by atoms with Crippen LogP contribution < -0.4 is 9.47 Å². The predicted molar refractivity (Wildman–Crippen MR) is 93.7 cm³/mol. The van der Waals surface area contributed by atoms with Crippen molar-refractivity contribution in [2.75, 3.05) is 14.2 Å². The van der Waals surface area contributed by atoms with Crippen LogP contribution in [0.4, 0.5) is 0 Å². The number of aromatic amines is 2. The Morgan fingerprint density at radius 2 is 2.08 bits per heavy atom. The summed E-state index contributed by atoms with van der Waals surface area (Å²) in [6.07, 6.45) is 3.49. The molecular weight excluding hydrogens is 318 g/mol. The summed E-state index contributed by atoms with van der Waals surface area (Å²) in [4.78, 5) is 15.4. The van der Waals surface area contributed by atoms with E-state index in [9.17, 15) is 5.26 Å². The molecule has 0 saturated carbocycles. The summed E-state index contributed by atoms with van der Waals surface area (Å²) in [6, 6.07) is 5.80. The van der Waals surface area contributed by atoms with Gasteiger partial charge in [-0.3, -0.25) is 0 Å². The SMILES string of the molecule is COc1nc2c(-c3cc4c(C#N)ccnc4[nH]3)c[nH]c2c(C)c1OC. The second-order valence-electron chi connectivity index (χ2n) is 5.62. The molecule has 0 unspecified atom stereocenters. The first-order chi connectivity index (χ1) is 12.2. The topological polar surface area (TPSA) is 99.6 Å². The number of ether oxygens (including phenoxy) is 2. The molecule has 0 aliphatic rings. The zero-order valence-electron chi connectivity index (χ0n) is 14.0. The van der Waals surface area contributed by atoms with Gasteiger partial charge in [0, 0.05) is 28.9 Å². The Hall–Kier alpha value is -3.53. The third kappa shape index (κ3) is 2.11. The summed E-state index contributed by atoms with van der Waals surface area (Å²) in [6.45, 7) is 1.95. The van der Waals surface area contributed by atoms with Crippen LogP contribution in [0.5, 0.6) is 11.6 Å². The van der Waals surface area contributed by atoms with Gasteiger partial charge in [-0.1, -0.05) is 0 Å². The number of H-pyrrole nitrogens is 2. The molecule has 0 radical (unpaired) electrons. The minimum Gasteiger partial charge on any atom is -0.491 e. The molecule has 4 rings (SSSR count). The highest BCUT2D eigenvalue weighted by Crippen LogP contribution is 2.38. The quantitative estimate of drug-likeness (QED) is 0.599. The summed E-state index contributed by atoms with van der Waals surface area (Å²) in [7, 11) is 3.16. The first-order valence-electron chi connectivity index (χ1n) is 7.65. The lowest BCUT2D eigenvalue weighted by Crippen LogP contribution is -1.97. The molecule has 7 heteroatoms. The fraction of sp³-hybridized carbons (Fsp3) is 0.167. The lowest BCUT2D eigenvalue weighted by Gasteiger charge is -2.10. The monoisotopic (exact) mass is 333 g/mol. The Bertz CT molecular complexity index is 1150. The number of hydrogen-bond donors (Lipinski definition) is 2. The predicted octanol–water partition coefficient (Wildman–Crippen LogP) is 3.30. The van der Waals surface area contributed by atoms with Gasteiger partial charge in [-0.05, 0) is 19.1 Å². The van der Waals surface area contributed by atoms with Crippen molar-refractivity contribution >= 4 is 22.1 Å². The van der Waals surface area contributed by atoms with Gasteiger partial charge in [0.1, 0.15) is 11.2 Å². The summed E-state index contributed by atoms with van der Waals surface area (Å²) in [5.41, 5.74) is 5.51. The van der Waals surface area contributed by atoms with Gasteiger partial charge in [-0.15, -0.1) is 0 Å². The van der Waals surface area contributed by atoms with Crippen LogP contribution in [0.25, 0.3) is 33.3 Å². The van der Waals surface area contributed by atoms with E-state index in [0.717, 1.165) is 33.2 Å². The molecule has 0 amide bonds. The molecule has 0 bridgehead atoms. The van der Waals surface area contributed by atoms with E-state index in [0.29, 0.717) is 22.8 Å². The lowest BCUT2D eigenvalue weighted by molar-refractivity contribution is 0.343. The molecule has 4 heterocycles. The maximum Gasteiger partial charge on any atom is 0.257 e. The van der Waals surface area contributed by atoms with E-state index in [-0.39, 0.29) is 0 Å².